The normalized spacial score (nSPS) is 19.6. The average molecular weight is 728 g/mol. The average Bonchev–Trinajstić information content (AvgIpc) is 4.06. The zero-order chi connectivity index (χ0) is 37.2. The maximum absolute atomic E-state index is 13.9. The van der Waals surface area contributed by atoms with Gasteiger partial charge in [-0.05, 0) is 66.3 Å². The van der Waals surface area contributed by atoms with Gasteiger partial charge in [0.05, 0.1) is 35.9 Å². The zero-order valence-electron chi connectivity index (χ0n) is 30.4. The highest BCUT2D eigenvalue weighted by molar-refractivity contribution is 5.87. The van der Waals surface area contributed by atoms with E-state index in [1.54, 1.807) is 23.2 Å². The van der Waals surface area contributed by atoms with Gasteiger partial charge in [-0.3, -0.25) is 14.5 Å². The first kappa shape index (κ1) is 35.3. The molecule has 2 aromatic heterocycles. The van der Waals surface area contributed by atoms with Gasteiger partial charge in [0.2, 0.25) is 5.91 Å². The molecule has 3 fully saturated rings. The van der Waals surface area contributed by atoms with Crippen molar-refractivity contribution in [2.75, 3.05) is 33.4 Å². The smallest absolute Gasteiger partial charge is 0.407 e. The fourth-order valence-electron chi connectivity index (χ4n) is 8.23. The van der Waals surface area contributed by atoms with E-state index in [1.807, 2.05) is 29.3 Å². The summed E-state index contributed by atoms with van der Waals surface area (Å²) in [5.41, 5.74) is 6.57. The molecule has 0 saturated carbocycles. The first-order valence-electron chi connectivity index (χ1n) is 18.9. The Morgan fingerprint density at radius 1 is 0.722 bits per heavy atom. The van der Waals surface area contributed by atoms with Crippen LogP contribution in [-0.2, 0) is 14.3 Å². The van der Waals surface area contributed by atoms with Gasteiger partial charge in [0.1, 0.15) is 17.7 Å². The molecule has 3 N–H and O–H groups in total. The standard InChI is InChI=1S/C42H45N7O5/c1-47(42(52)53)37(31-7-3-2-4-8-31)41(51)49-22-6-10-36(49)39-44-26-34(46-39)30-17-13-28(14-18-30)27-11-15-29(16-12-27)33-25-43-38(45-33)35-9-5-21-48(35)40(50)32-19-23-54-24-20-32/h2-4,7-8,11-18,25-26,32,35-37H,5-6,9-10,19-24H2,1H3,(H,43,45)(H,44,46)(H,52,53)/t35-,36-,37+/m0/s1. The predicted molar refractivity (Wildman–Crippen MR) is 203 cm³/mol. The number of hydrogen-bond acceptors (Lipinski definition) is 6. The van der Waals surface area contributed by atoms with Gasteiger partial charge in [0.15, 0.2) is 0 Å². The molecule has 278 valence electrons. The summed E-state index contributed by atoms with van der Waals surface area (Å²) in [5.74, 6) is 1.55. The van der Waals surface area contributed by atoms with Crippen molar-refractivity contribution in [1.82, 2.24) is 34.6 Å². The Morgan fingerprint density at radius 2 is 1.22 bits per heavy atom. The monoisotopic (exact) mass is 727 g/mol. The minimum atomic E-state index is -1.16. The highest BCUT2D eigenvalue weighted by atomic mass is 16.5. The summed E-state index contributed by atoms with van der Waals surface area (Å²) >= 11 is 0. The van der Waals surface area contributed by atoms with Gasteiger partial charge in [-0.2, -0.15) is 0 Å². The van der Waals surface area contributed by atoms with E-state index in [2.05, 4.69) is 63.5 Å². The van der Waals surface area contributed by atoms with E-state index in [9.17, 15) is 19.5 Å². The fourth-order valence-corrected chi connectivity index (χ4v) is 8.23. The maximum atomic E-state index is 13.9. The number of nitrogens with one attached hydrogen (secondary N) is 2. The van der Waals surface area contributed by atoms with Crippen molar-refractivity contribution in [3.63, 3.8) is 0 Å². The van der Waals surface area contributed by atoms with Gasteiger partial charge in [0.25, 0.3) is 5.91 Å². The van der Waals surface area contributed by atoms with Crippen LogP contribution >= 0.6 is 0 Å². The second kappa shape index (κ2) is 15.3. The molecule has 3 amide bonds. The van der Waals surface area contributed by atoms with Gasteiger partial charge in [-0.15, -0.1) is 0 Å². The summed E-state index contributed by atoms with van der Waals surface area (Å²) < 4.78 is 5.47. The Hall–Kier alpha value is -5.75. The largest absolute Gasteiger partial charge is 0.465 e. The Balaban J connectivity index is 0.931. The Labute approximate surface area is 314 Å². The highest BCUT2D eigenvalue weighted by Gasteiger charge is 2.39. The van der Waals surface area contributed by atoms with Crippen LogP contribution in [0.3, 0.4) is 0 Å². The third-order valence-electron chi connectivity index (χ3n) is 11.2. The summed E-state index contributed by atoms with van der Waals surface area (Å²) in [4.78, 5) is 60.4. The molecular weight excluding hydrogens is 683 g/mol. The van der Waals surface area contributed by atoms with Crippen molar-refractivity contribution in [1.29, 1.82) is 0 Å². The number of H-pyrrole nitrogens is 2. The highest BCUT2D eigenvalue weighted by Crippen LogP contribution is 2.37. The second-order valence-electron chi connectivity index (χ2n) is 14.5. The Kier molecular flexibility index (Phi) is 10.0. The van der Waals surface area contributed by atoms with E-state index >= 15 is 0 Å². The molecule has 3 saturated heterocycles. The number of carboxylic acid groups (broad SMARTS) is 1. The lowest BCUT2D eigenvalue weighted by Crippen LogP contribution is -2.43. The summed E-state index contributed by atoms with van der Waals surface area (Å²) in [6, 6.07) is 24.5. The number of hydrogen-bond donors (Lipinski definition) is 3. The summed E-state index contributed by atoms with van der Waals surface area (Å²) in [7, 11) is 1.44. The number of nitrogens with zero attached hydrogens (tertiary/aromatic N) is 5. The quantitative estimate of drug-likeness (QED) is 0.145. The Morgan fingerprint density at radius 3 is 1.76 bits per heavy atom. The number of ether oxygens (including phenoxy) is 1. The molecule has 3 aliphatic rings. The number of carbonyl (C=O) groups is 3. The second-order valence-corrected chi connectivity index (χ2v) is 14.5. The maximum Gasteiger partial charge on any atom is 0.407 e. The minimum Gasteiger partial charge on any atom is -0.465 e. The van der Waals surface area contributed by atoms with Crippen LogP contribution in [-0.4, -0.2) is 91.0 Å². The van der Waals surface area contributed by atoms with E-state index in [-0.39, 0.29) is 29.8 Å². The number of likely N-dealkylation sites (N-methyl/N-ethyl adjacent to an activating group) is 1. The molecule has 12 nitrogen and oxygen atoms in total. The lowest BCUT2D eigenvalue weighted by Gasteiger charge is -2.32. The number of carbonyl (C=O) groups excluding carboxylic acids is 2. The number of imidazole rings is 2. The van der Waals surface area contributed by atoms with Gasteiger partial charge >= 0.3 is 6.09 Å². The SMILES string of the molecule is CN(C(=O)O)[C@@H](C(=O)N1CCC[C@H]1c1ncc(-c2ccc(-c3ccc(-c4cnc([C@@H]5CCCN5C(=O)C5CCOCC5)[nH]4)cc3)cc2)[nH]1)c1ccccc1. The van der Waals surface area contributed by atoms with Gasteiger partial charge < -0.3 is 29.6 Å². The summed E-state index contributed by atoms with van der Waals surface area (Å²) in [6.45, 7) is 2.62. The third-order valence-corrected chi connectivity index (χ3v) is 11.2. The van der Waals surface area contributed by atoms with Crippen LogP contribution in [0.25, 0.3) is 33.6 Å². The van der Waals surface area contributed by atoms with Crippen LogP contribution in [0.2, 0.25) is 0 Å². The van der Waals surface area contributed by atoms with Crippen molar-refractivity contribution in [2.45, 2.75) is 56.7 Å². The lowest BCUT2D eigenvalue weighted by molar-refractivity contribution is -0.139. The third kappa shape index (κ3) is 7.01. The number of aromatic nitrogens is 4. The van der Waals surface area contributed by atoms with Crippen LogP contribution in [0, 0.1) is 5.92 Å². The first-order chi connectivity index (χ1) is 26.4. The van der Waals surface area contributed by atoms with E-state index in [1.165, 1.54) is 7.05 Å². The fraction of sp³-hybridized carbons (Fsp3) is 0.357. The van der Waals surface area contributed by atoms with Crippen molar-refractivity contribution in [3.05, 3.63) is 108 Å². The summed E-state index contributed by atoms with van der Waals surface area (Å²) in [6.07, 6.45) is 7.52. The van der Waals surface area contributed by atoms with Gasteiger partial charge in [-0.25, -0.2) is 14.8 Å². The number of rotatable bonds is 9. The molecule has 0 radical (unpaired) electrons. The van der Waals surface area contributed by atoms with Crippen molar-refractivity contribution >= 4 is 17.9 Å². The number of likely N-dealkylation sites (tertiary alicyclic amines) is 2. The topological polar surface area (TPSA) is 148 Å². The van der Waals surface area contributed by atoms with Gasteiger partial charge in [0, 0.05) is 39.3 Å². The molecule has 0 unspecified atom stereocenters. The summed E-state index contributed by atoms with van der Waals surface area (Å²) in [5, 5.41) is 9.78. The zero-order valence-corrected chi connectivity index (χ0v) is 30.4. The number of benzene rings is 3. The molecule has 12 heteroatoms. The van der Waals surface area contributed by atoms with Crippen molar-refractivity contribution in [3.8, 4) is 33.6 Å². The Bertz CT molecular complexity index is 2090. The number of amides is 3. The van der Waals surface area contributed by atoms with E-state index in [0.717, 1.165) is 89.4 Å². The van der Waals surface area contributed by atoms with Crippen molar-refractivity contribution < 1.29 is 24.2 Å². The molecule has 3 atom stereocenters. The molecular formula is C42H45N7O5. The van der Waals surface area contributed by atoms with E-state index in [4.69, 9.17) is 9.72 Å². The van der Waals surface area contributed by atoms with Crippen LogP contribution < -0.4 is 0 Å². The van der Waals surface area contributed by atoms with Gasteiger partial charge in [-0.1, -0.05) is 78.9 Å². The predicted octanol–water partition coefficient (Wildman–Crippen LogP) is 7.24. The van der Waals surface area contributed by atoms with E-state index in [0.29, 0.717) is 31.1 Å². The van der Waals surface area contributed by atoms with Crippen molar-refractivity contribution in [2.24, 2.45) is 5.92 Å². The lowest BCUT2D eigenvalue weighted by atomic mass is 9.98. The molecule has 0 bridgehead atoms. The molecule has 54 heavy (non-hydrogen) atoms. The molecule has 0 spiro atoms. The molecule has 3 aliphatic heterocycles. The molecule has 3 aromatic carbocycles. The number of aromatic amines is 2. The molecule has 0 aliphatic carbocycles. The molecule has 5 heterocycles. The minimum absolute atomic E-state index is 0.0183. The van der Waals surface area contributed by atoms with Crippen LogP contribution in [0.5, 0.6) is 0 Å². The molecule has 8 rings (SSSR count). The van der Waals surface area contributed by atoms with Crippen LogP contribution in [0.1, 0.15) is 73.9 Å². The first-order valence-corrected chi connectivity index (χ1v) is 18.9. The van der Waals surface area contributed by atoms with Crippen LogP contribution in [0.4, 0.5) is 4.79 Å². The van der Waals surface area contributed by atoms with Crippen LogP contribution in [0.15, 0.2) is 91.3 Å². The van der Waals surface area contributed by atoms with E-state index < -0.39 is 12.1 Å². The molecule has 5 aromatic rings.